The molecule has 0 radical (unpaired) electrons. The van der Waals surface area contributed by atoms with Gasteiger partial charge in [0, 0.05) is 37.5 Å². The minimum Gasteiger partial charge on any atom is -0.391 e. The average molecular weight is 513 g/mol. The summed E-state index contributed by atoms with van der Waals surface area (Å²) in [6, 6.07) is 0.198. The van der Waals surface area contributed by atoms with Crippen molar-refractivity contribution in [2.45, 2.75) is 76.4 Å². The van der Waals surface area contributed by atoms with E-state index in [4.69, 9.17) is 5.73 Å². The molecule has 8 nitrogen and oxygen atoms in total. The number of nitrogens with one attached hydrogen (secondary N) is 1. The van der Waals surface area contributed by atoms with Crippen molar-refractivity contribution >= 4 is 17.5 Å². The number of halogens is 3. The minimum absolute atomic E-state index is 0.102. The van der Waals surface area contributed by atoms with E-state index in [9.17, 15) is 18.7 Å². The lowest BCUT2D eigenvalue weighted by Gasteiger charge is -2.42. The molecule has 0 spiro atoms. The van der Waals surface area contributed by atoms with Gasteiger partial charge in [-0.2, -0.15) is 4.39 Å². The number of aromatic nitrogens is 2. The van der Waals surface area contributed by atoms with Crippen LogP contribution in [0.4, 0.5) is 24.8 Å². The van der Waals surface area contributed by atoms with Crippen LogP contribution in [0.2, 0.25) is 0 Å². The molecule has 3 fully saturated rings. The number of likely N-dealkylation sites (tertiary alicyclic amines) is 1. The van der Waals surface area contributed by atoms with Gasteiger partial charge in [-0.15, -0.1) is 0 Å². The van der Waals surface area contributed by atoms with E-state index in [-0.39, 0.29) is 36.1 Å². The summed E-state index contributed by atoms with van der Waals surface area (Å²) >= 11 is 0. The Morgan fingerprint density at radius 2 is 1.94 bits per heavy atom. The molecule has 2 saturated carbocycles. The fourth-order valence-corrected chi connectivity index (χ4v) is 5.80. The van der Waals surface area contributed by atoms with E-state index >= 15 is 4.39 Å². The summed E-state index contributed by atoms with van der Waals surface area (Å²) in [5.74, 6) is -3.68. The molecule has 2 aliphatic carbocycles. The third kappa shape index (κ3) is 6.59. The zero-order valence-corrected chi connectivity index (χ0v) is 21.0. The second-order valence-electron chi connectivity index (χ2n) is 11.0. The van der Waals surface area contributed by atoms with Gasteiger partial charge in [-0.3, -0.25) is 9.69 Å². The molecule has 2 atom stereocenters. The number of β-amino-alcohol motifs (C(OH)–C–C–N with tert-alkyl or cyclic N) is 1. The number of carbonyl (C=O) groups excluding carboxylic acids is 1. The molecule has 0 aromatic carbocycles. The van der Waals surface area contributed by atoms with Crippen molar-refractivity contribution < 1.29 is 23.1 Å². The summed E-state index contributed by atoms with van der Waals surface area (Å²) in [5.41, 5.74) is 5.25. The molecular formula is C25H39F3N6O2. The molecule has 0 bridgehead atoms. The quantitative estimate of drug-likeness (QED) is 0.442. The number of hydrogen-bond donors (Lipinski definition) is 3. The standard InChI is InChI=1S/C25H39F3N6O2/c1-25(27,28)18-7-5-16(6-8-18)12-34(19-3-2-4-19)24-22(26)23(31-15-32-24)30-11-17-9-10-33(13-20(17)35)14-21(29)36/h15-20,35H,2-14H2,1H3,(H2,29,36)(H,30,31,32). The first kappa shape index (κ1) is 26.9. The Kier molecular flexibility index (Phi) is 8.59. The number of anilines is 2. The van der Waals surface area contributed by atoms with Crippen molar-refractivity contribution in [2.75, 3.05) is 42.9 Å². The molecule has 4 rings (SSSR count). The predicted octanol–water partition coefficient (Wildman–Crippen LogP) is 3.02. The van der Waals surface area contributed by atoms with E-state index in [1.54, 1.807) is 0 Å². The van der Waals surface area contributed by atoms with Crippen molar-refractivity contribution in [1.82, 2.24) is 14.9 Å². The van der Waals surface area contributed by atoms with Gasteiger partial charge in [-0.05, 0) is 70.8 Å². The lowest BCUT2D eigenvalue weighted by atomic mass is 9.78. The summed E-state index contributed by atoms with van der Waals surface area (Å²) in [6.07, 6.45) is 6.76. The zero-order valence-electron chi connectivity index (χ0n) is 21.0. The third-order valence-corrected chi connectivity index (χ3v) is 8.29. The molecule has 4 N–H and O–H groups in total. The smallest absolute Gasteiger partial charge is 0.248 e. The molecule has 3 aliphatic rings. The number of hydrogen-bond acceptors (Lipinski definition) is 7. The second kappa shape index (κ2) is 11.5. The highest BCUT2D eigenvalue weighted by atomic mass is 19.3. The van der Waals surface area contributed by atoms with Gasteiger partial charge < -0.3 is 21.1 Å². The average Bonchev–Trinajstić information content (AvgIpc) is 2.77. The summed E-state index contributed by atoms with van der Waals surface area (Å²) in [7, 11) is 0. The van der Waals surface area contributed by atoms with E-state index in [1.165, 1.54) is 6.33 Å². The van der Waals surface area contributed by atoms with Gasteiger partial charge in [0.15, 0.2) is 11.6 Å². The summed E-state index contributed by atoms with van der Waals surface area (Å²) in [5, 5.41) is 13.5. The van der Waals surface area contributed by atoms with Gasteiger partial charge in [0.05, 0.1) is 12.6 Å². The lowest BCUT2D eigenvalue weighted by Crippen LogP contribution is -2.48. The van der Waals surface area contributed by atoms with Crippen LogP contribution in [0.25, 0.3) is 0 Å². The SMILES string of the molecule is CC(F)(F)C1CCC(CN(c2ncnc(NCC3CCN(CC(N)=O)CC3O)c2F)C2CCC2)CC1. The van der Waals surface area contributed by atoms with E-state index in [0.717, 1.165) is 26.2 Å². The van der Waals surface area contributed by atoms with Crippen LogP contribution in [0.5, 0.6) is 0 Å². The van der Waals surface area contributed by atoms with Crippen molar-refractivity contribution in [3.63, 3.8) is 0 Å². The monoisotopic (exact) mass is 512 g/mol. The molecule has 1 saturated heterocycles. The number of nitrogens with zero attached hydrogens (tertiary/aromatic N) is 4. The van der Waals surface area contributed by atoms with E-state index in [1.807, 2.05) is 9.80 Å². The van der Waals surface area contributed by atoms with Crippen molar-refractivity contribution in [1.29, 1.82) is 0 Å². The van der Waals surface area contributed by atoms with Crippen LogP contribution in [0.15, 0.2) is 6.33 Å². The summed E-state index contributed by atoms with van der Waals surface area (Å²) < 4.78 is 43.1. The topological polar surface area (TPSA) is 108 Å². The number of aliphatic hydroxyl groups excluding tert-OH is 1. The maximum absolute atomic E-state index is 15.6. The fourth-order valence-electron chi connectivity index (χ4n) is 5.80. The minimum atomic E-state index is -2.65. The van der Waals surface area contributed by atoms with Gasteiger partial charge in [-0.1, -0.05) is 0 Å². The molecule has 36 heavy (non-hydrogen) atoms. The number of alkyl halides is 2. The van der Waals surface area contributed by atoms with Crippen molar-refractivity contribution in [3.05, 3.63) is 12.1 Å². The molecule has 1 aromatic heterocycles. The lowest BCUT2D eigenvalue weighted by molar-refractivity contribution is -0.120. The van der Waals surface area contributed by atoms with Crippen LogP contribution in [0.3, 0.4) is 0 Å². The molecular weight excluding hydrogens is 473 g/mol. The van der Waals surface area contributed by atoms with Crippen LogP contribution in [-0.2, 0) is 4.79 Å². The first-order chi connectivity index (χ1) is 17.1. The van der Waals surface area contributed by atoms with Crippen molar-refractivity contribution in [3.8, 4) is 0 Å². The molecule has 2 unspecified atom stereocenters. The summed E-state index contributed by atoms with van der Waals surface area (Å²) in [6.45, 7) is 3.04. The molecule has 202 valence electrons. The zero-order chi connectivity index (χ0) is 25.9. The van der Waals surface area contributed by atoms with Crippen LogP contribution in [0, 0.1) is 23.6 Å². The highest BCUT2D eigenvalue weighted by Gasteiger charge is 2.38. The number of aliphatic hydroxyl groups is 1. The number of rotatable bonds is 10. The van der Waals surface area contributed by atoms with Crippen LogP contribution >= 0.6 is 0 Å². The van der Waals surface area contributed by atoms with E-state index in [2.05, 4.69) is 15.3 Å². The summed E-state index contributed by atoms with van der Waals surface area (Å²) in [4.78, 5) is 23.4. The molecule has 1 amide bonds. The Balaban J connectivity index is 1.38. The van der Waals surface area contributed by atoms with Gasteiger partial charge in [0.25, 0.3) is 0 Å². The highest BCUT2D eigenvalue weighted by Crippen LogP contribution is 2.40. The maximum Gasteiger partial charge on any atom is 0.248 e. The molecule has 1 aromatic rings. The Hall–Kier alpha value is -2.14. The second-order valence-corrected chi connectivity index (χ2v) is 11.0. The van der Waals surface area contributed by atoms with Crippen molar-refractivity contribution in [2.24, 2.45) is 23.5 Å². The van der Waals surface area contributed by atoms with E-state index in [0.29, 0.717) is 58.3 Å². The fraction of sp³-hybridized carbons (Fsp3) is 0.800. The first-order valence-electron chi connectivity index (χ1n) is 13.2. The Bertz CT molecular complexity index is 889. The Labute approximate surface area is 210 Å². The number of carbonyl (C=O) groups is 1. The molecule has 2 heterocycles. The van der Waals surface area contributed by atoms with Gasteiger partial charge >= 0.3 is 0 Å². The Morgan fingerprint density at radius 1 is 1.22 bits per heavy atom. The van der Waals surface area contributed by atoms with E-state index < -0.39 is 29.7 Å². The number of nitrogens with two attached hydrogens (primary N) is 1. The van der Waals surface area contributed by atoms with Gasteiger partial charge in [-0.25, -0.2) is 18.7 Å². The highest BCUT2D eigenvalue weighted by molar-refractivity contribution is 5.75. The third-order valence-electron chi connectivity index (χ3n) is 8.29. The van der Waals surface area contributed by atoms with Gasteiger partial charge in [0.1, 0.15) is 6.33 Å². The number of piperidine rings is 1. The van der Waals surface area contributed by atoms with Crippen LogP contribution in [-0.4, -0.2) is 76.7 Å². The number of amides is 1. The first-order valence-corrected chi connectivity index (χ1v) is 13.2. The normalized spacial score (nSPS) is 27.9. The Morgan fingerprint density at radius 3 is 2.53 bits per heavy atom. The maximum atomic E-state index is 15.6. The van der Waals surface area contributed by atoms with Crippen LogP contribution in [0.1, 0.15) is 58.3 Å². The van der Waals surface area contributed by atoms with Crippen LogP contribution < -0.4 is 16.0 Å². The largest absolute Gasteiger partial charge is 0.391 e. The molecule has 11 heteroatoms. The number of primary amides is 1. The molecule has 1 aliphatic heterocycles. The predicted molar refractivity (Wildman–Crippen MR) is 131 cm³/mol. The van der Waals surface area contributed by atoms with Gasteiger partial charge in [0.2, 0.25) is 17.6 Å².